The van der Waals surface area contributed by atoms with Crippen LogP contribution in [0.4, 0.5) is 10.7 Å². The molecule has 0 amide bonds. The normalized spacial score (nSPS) is 15.4. The largest absolute Gasteiger partial charge is 0.490 e. The van der Waals surface area contributed by atoms with Crippen molar-refractivity contribution in [1.82, 2.24) is 4.98 Å². The summed E-state index contributed by atoms with van der Waals surface area (Å²) in [6.45, 7) is 5.57. The van der Waals surface area contributed by atoms with Gasteiger partial charge in [0.1, 0.15) is 23.1 Å². The third kappa shape index (κ3) is 3.73. The molecule has 1 unspecified atom stereocenters. The zero-order valence-electron chi connectivity index (χ0n) is 14.4. The van der Waals surface area contributed by atoms with E-state index in [0.29, 0.717) is 29.7 Å². The van der Waals surface area contributed by atoms with Crippen molar-refractivity contribution < 1.29 is 17.9 Å². The van der Waals surface area contributed by atoms with Crippen LogP contribution in [-0.2, 0) is 14.8 Å². The number of benzene rings is 1. The van der Waals surface area contributed by atoms with Crippen LogP contribution in [0.15, 0.2) is 28.6 Å². The van der Waals surface area contributed by atoms with Gasteiger partial charge >= 0.3 is 0 Å². The van der Waals surface area contributed by atoms with Crippen molar-refractivity contribution in [2.24, 2.45) is 0 Å². The topological polar surface area (TPSA) is 80.8 Å². The van der Waals surface area contributed by atoms with Gasteiger partial charge in [-0.1, -0.05) is 0 Å². The number of nitrogens with zero attached hydrogens (tertiary/aromatic N) is 2. The number of aromatic nitrogens is 1. The van der Waals surface area contributed by atoms with Crippen LogP contribution in [0, 0.1) is 0 Å². The molecule has 7 nitrogen and oxygen atoms in total. The fourth-order valence-electron chi connectivity index (χ4n) is 2.64. The first-order chi connectivity index (χ1) is 11.9. The predicted molar refractivity (Wildman–Crippen MR) is 98.2 cm³/mol. The van der Waals surface area contributed by atoms with Crippen molar-refractivity contribution in [3.8, 4) is 5.75 Å². The molecule has 1 aliphatic heterocycles. The number of ether oxygens (including phenoxy) is 2. The smallest absolute Gasteiger partial charge is 0.262 e. The standard InChI is InChI=1S/C16H21N3O4S2/c1-4-22-11(2)15-16(24-10-17-15)18-25(20,21)12-5-6-13-14(9-12)23-8-7-19(13)3/h5-6,9-11,18H,4,7-8H2,1-3H3. The Bertz CT molecular complexity index is 851. The molecule has 2 aromatic rings. The molecule has 0 saturated carbocycles. The summed E-state index contributed by atoms with van der Waals surface area (Å²) in [4.78, 5) is 6.42. The van der Waals surface area contributed by atoms with Gasteiger partial charge in [0.05, 0.1) is 28.7 Å². The third-order valence-corrected chi connectivity index (χ3v) is 6.20. The number of thiazole rings is 1. The summed E-state index contributed by atoms with van der Waals surface area (Å²) in [6, 6.07) is 4.90. The summed E-state index contributed by atoms with van der Waals surface area (Å²) in [5, 5.41) is 0.469. The van der Waals surface area contributed by atoms with Crippen LogP contribution >= 0.6 is 11.3 Å². The number of fused-ring (bicyclic) bond motifs is 1. The highest BCUT2D eigenvalue weighted by Crippen LogP contribution is 2.34. The number of hydrogen-bond donors (Lipinski definition) is 1. The average Bonchev–Trinajstić information content (AvgIpc) is 3.02. The minimum Gasteiger partial charge on any atom is -0.490 e. The van der Waals surface area contributed by atoms with Gasteiger partial charge in [0.15, 0.2) is 0 Å². The van der Waals surface area contributed by atoms with Crippen LogP contribution in [0.5, 0.6) is 5.75 Å². The highest BCUT2D eigenvalue weighted by Gasteiger charge is 2.23. The number of anilines is 2. The minimum absolute atomic E-state index is 0.157. The van der Waals surface area contributed by atoms with E-state index in [9.17, 15) is 8.42 Å². The molecule has 1 N–H and O–H groups in total. The lowest BCUT2D eigenvalue weighted by atomic mass is 10.2. The maximum Gasteiger partial charge on any atom is 0.262 e. The predicted octanol–water partition coefficient (Wildman–Crippen LogP) is 2.87. The molecule has 0 saturated heterocycles. The number of rotatable bonds is 6. The van der Waals surface area contributed by atoms with E-state index in [0.717, 1.165) is 12.2 Å². The van der Waals surface area contributed by atoms with Gasteiger partial charge in [-0.05, 0) is 26.0 Å². The van der Waals surface area contributed by atoms with E-state index in [1.807, 2.05) is 25.8 Å². The molecule has 25 heavy (non-hydrogen) atoms. The Morgan fingerprint density at radius 2 is 2.28 bits per heavy atom. The number of nitrogens with one attached hydrogen (secondary N) is 1. The Labute approximate surface area is 151 Å². The molecule has 1 aromatic heterocycles. The van der Waals surface area contributed by atoms with Gasteiger partial charge in [0, 0.05) is 19.7 Å². The Hall–Kier alpha value is -1.84. The van der Waals surface area contributed by atoms with Gasteiger partial charge in [0.2, 0.25) is 0 Å². The van der Waals surface area contributed by atoms with Gasteiger partial charge in [0.25, 0.3) is 10.0 Å². The van der Waals surface area contributed by atoms with E-state index >= 15 is 0 Å². The van der Waals surface area contributed by atoms with Gasteiger partial charge in [-0.25, -0.2) is 13.4 Å². The van der Waals surface area contributed by atoms with Crippen LogP contribution in [0.2, 0.25) is 0 Å². The van der Waals surface area contributed by atoms with Crippen molar-refractivity contribution in [1.29, 1.82) is 0 Å². The number of sulfonamides is 1. The van der Waals surface area contributed by atoms with E-state index in [2.05, 4.69) is 9.71 Å². The second-order valence-electron chi connectivity index (χ2n) is 5.67. The lowest BCUT2D eigenvalue weighted by Gasteiger charge is -2.27. The molecule has 0 fully saturated rings. The average molecular weight is 383 g/mol. The minimum atomic E-state index is -3.74. The van der Waals surface area contributed by atoms with E-state index in [1.165, 1.54) is 11.3 Å². The summed E-state index contributed by atoms with van der Waals surface area (Å²) < 4.78 is 39.2. The molecular formula is C16H21N3O4S2. The highest BCUT2D eigenvalue weighted by molar-refractivity contribution is 7.93. The van der Waals surface area contributed by atoms with Crippen molar-refractivity contribution >= 4 is 32.0 Å². The van der Waals surface area contributed by atoms with Gasteiger partial charge in [-0.2, -0.15) is 0 Å². The quantitative estimate of drug-likeness (QED) is 0.826. The summed E-state index contributed by atoms with van der Waals surface area (Å²) >= 11 is 1.23. The lowest BCUT2D eigenvalue weighted by molar-refractivity contribution is 0.0743. The first-order valence-electron chi connectivity index (χ1n) is 7.98. The maximum atomic E-state index is 12.8. The van der Waals surface area contributed by atoms with Crippen LogP contribution < -0.4 is 14.4 Å². The SMILES string of the molecule is CCOC(C)c1ncsc1NS(=O)(=O)c1ccc2c(c1)OCCN2C. The van der Waals surface area contributed by atoms with E-state index in [1.54, 1.807) is 23.7 Å². The fraction of sp³-hybridized carbons (Fsp3) is 0.438. The molecule has 0 aliphatic carbocycles. The second kappa shape index (κ2) is 7.19. The molecule has 136 valence electrons. The second-order valence-corrected chi connectivity index (χ2v) is 8.21. The molecule has 3 rings (SSSR count). The van der Waals surface area contributed by atoms with Gasteiger partial charge in [-0.3, -0.25) is 4.72 Å². The first kappa shape index (κ1) is 18.0. The fourth-order valence-corrected chi connectivity index (χ4v) is 4.74. The lowest BCUT2D eigenvalue weighted by Crippen LogP contribution is -2.29. The number of likely N-dealkylation sites (N-methyl/N-ethyl adjacent to an activating group) is 1. The maximum absolute atomic E-state index is 12.8. The summed E-state index contributed by atoms with van der Waals surface area (Å²) in [7, 11) is -1.79. The first-order valence-corrected chi connectivity index (χ1v) is 10.3. The van der Waals surface area contributed by atoms with E-state index in [-0.39, 0.29) is 11.0 Å². The summed E-state index contributed by atoms with van der Waals surface area (Å²) in [6.07, 6.45) is -0.283. The molecule has 9 heteroatoms. The monoisotopic (exact) mass is 383 g/mol. The molecule has 2 heterocycles. The summed E-state index contributed by atoms with van der Waals surface area (Å²) in [5.74, 6) is 0.573. The van der Waals surface area contributed by atoms with E-state index < -0.39 is 10.0 Å². The van der Waals surface area contributed by atoms with Crippen LogP contribution in [0.3, 0.4) is 0 Å². The van der Waals surface area contributed by atoms with Crippen molar-refractivity contribution in [2.45, 2.75) is 24.8 Å². The molecule has 0 spiro atoms. The van der Waals surface area contributed by atoms with Crippen molar-refractivity contribution in [2.75, 3.05) is 36.4 Å². The Balaban J connectivity index is 1.87. The zero-order valence-corrected chi connectivity index (χ0v) is 16.0. The molecule has 1 aliphatic rings. The Morgan fingerprint density at radius 1 is 1.48 bits per heavy atom. The summed E-state index contributed by atoms with van der Waals surface area (Å²) in [5.41, 5.74) is 3.08. The Morgan fingerprint density at radius 3 is 3.04 bits per heavy atom. The van der Waals surface area contributed by atoms with E-state index in [4.69, 9.17) is 9.47 Å². The van der Waals surface area contributed by atoms with Gasteiger partial charge in [-0.15, -0.1) is 11.3 Å². The van der Waals surface area contributed by atoms with Crippen molar-refractivity contribution in [3.63, 3.8) is 0 Å². The number of hydrogen-bond acceptors (Lipinski definition) is 7. The van der Waals surface area contributed by atoms with Crippen LogP contribution in [0.25, 0.3) is 0 Å². The molecular weight excluding hydrogens is 362 g/mol. The van der Waals surface area contributed by atoms with Crippen LogP contribution in [0.1, 0.15) is 25.6 Å². The molecule has 1 aromatic carbocycles. The third-order valence-electron chi connectivity index (χ3n) is 3.96. The molecule has 0 bridgehead atoms. The van der Waals surface area contributed by atoms with Crippen LogP contribution in [-0.4, -0.2) is 40.2 Å². The zero-order chi connectivity index (χ0) is 18.0. The Kier molecular flexibility index (Phi) is 5.16. The van der Waals surface area contributed by atoms with Crippen molar-refractivity contribution in [3.05, 3.63) is 29.4 Å². The highest BCUT2D eigenvalue weighted by atomic mass is 32.2. The van der Waals surface area contributed by atoms with Gasteiger partial charge < -0.3 is 14.4 Å². The molecule has 1 atom stereocenters. The molecule has 0 radical (unpaired) electrons.